The van der Waals surface area contributed by atoms with Crippen LogP contribution in [0.4, 0.5) is 0 Å². The SMILES string of the molecule is C/C=C/C[C@@H](C)[C@@H](OC(=O)CCCSSC[C@@H](NC(C)=O)C(=O)N[C@H](CCCNC(=N)N)C(N)=O)[C@H]1C(=O)N[C@@H](CC)C(=O)N(C)CC(=O)N(C)[C@@H](CC(C)C)C(=O)N[C@@H](C(C)C)C(=O)N(C)[C@@H](CC(C)C)C(=O)N[C@@H](C)C(=O)N[C@@H](C)C(=O)N(C)[C@@H](CC(C)C)C(=O)N(C)[C@@H](CC(C)C)C(=O)N(C)[C@@H](C(C)C)C(=O)N1C. The molecule has 1 rings (SSSR count). The molecule has 0 aliphatic carbocycles. The number of hydrogen-bond donors (Lipinski definition) is 10. The summed E-state index contributed by atoms with van der Waals surface area (Å²) in [6.07, 6.45) is 2.95. The second kappa shape index (κ2) is 49.4. The van der Waals surface area contributed by atoms with Crippen LogP contribution in [0.15, 0.2) is 12.2 Å². The first-order valence-electron chi connectivity index (χ1n) is 39.1. The van der Waals surface area contributed by atoms with Gasteiger partial charge in [-0.2, -0.15) is 0 Å². The van der Waals surface area contributed by atoms with E-state index in [1.165, 1.54) is 116 Å². The molecular weight excluding hydrogens is 1480 g/mol. The molecule has 0 radical (unpaired) electrons. The lowest BCUT2D eigenvalue weighted by molar-refractivity contribution is -0.165. The first-order valence-corrected chi connectivity index (χ1v) is 41.5. The van der Waals surface area contributed by atoms with Gasteiger partial charge in [-0.05, 0) is 120 Å². The lowest BCUT2D eigenvalue weighted by atomic mass is 9.91. The molecule has 33 nitrogen and oxygen atoms in total. The number of nitrogens with two attached hydrogens (primary N) is 2. The highest BCUT2D eigenvalue weighted by Crippen LogP contribution is 2.29. The smallest absolute Gasteiger partial charge is 0.306 e. The van der Waals surface area contributed by atoms with Gasteiger partial charge in [0, 0.05) is 80.7 Å². The van der Waals surface area contributed by atoms with E-state index in [-0.39, 0.29) is 99.7 Å². The molecule has 1 fully saturated rings. The van der Waals surface area contributed by atoms with Crippen LogP contribution in [0, 0.1) is 46.8 Å². The van der Waals surface area contributed by atoms with E-state index in [1.54, 1.807) is 60.6 Å². The number of primary amides is 1. The van der Waals surface area contributed by atoms with Gasteiger partial charge >= 0.3 is 5.97 Å². The number of likely N-dealkylation sites (N-methyl/N-ethyl adjacent to an activating group) is 7. The van der Waals surface area contributed by atoms with Gasteiger partial charge in [-0.3, -0.25) is 77.3 Å². The second-order valence-electron chi connectivity index (χ2n) is 32.0. The van der Waals surface area contributed by atoms with Crippen molar-refractivity contribution in [1.82, 2.24) is 71.5 Å². The molecule has 35 heteroatoms. The van der Waals surface area contributed by atoms with E-state index in [2.05, 4.69) is 37.2 Å². The van der Waals surface area contributed by atoms with Gasteiger partial charge in [0.15, 0.2) is 5.96 Å². The predicted molar refractivity (Wildman–Crippen MR) is 434 cm³/mol. The molecular formula is C77H137N17O16S2. The average molecular weight is 1620 g/mol. The summed E-state index contributed by atoms with van der Waals surface area (Å²) in [5.74, 6) is -13.7. The van der Waals surface area contributed by atoms with Crippen LogP contribution < -0.4 is 48.7 Å². The molecule has 112 heavy (non-hydrogen) atoms. The lowest BCUT2D eigenvalue weighted by Gasteiger charge is -2.42. The Hall–Kier alpha value is -8.24. The van der Waals surface area contributed by atoms with Crippen LogP contribution >= 0.6 is 21.6 Å². The van der Waals surface area contributed by atoms with Crippen molar-refractivity contribution in [2.75, 3.05) is 73.9 Å². The van der Waals surface area contributed by atoms with Crippen LogP contribution in [0.2, 0.25) is 0 Å². The number of carbonyl (C=O) groups excluding carboxylic acids is 15. The summed E-state index contributed by atoms with van der Waals surface area (Å²) in [5.41, 5.74) is 10.9. The molecule has 638 valence electrons. The summed E-state index contributed by atoms with van der Waals surface area (Å²) in [6, 6.07) is -15.4. The van der Waals surface area contributed by atoms with E-state index in [1.807, 2.05) is 55.4 Å². The van der Waals surface area contributed by atoms with Crippen molar-refractivity contribution in [2.45, 2.75) is 267 Å². The first-order chi connectivity index (χ1) is 52.0. The van der Waals surface area contributed by atoms with Crippen molar-refractivity contribution in [3.63, 3.8) is 0 Å². The largest absolute Gasteiger partial charge is 0.459 e. The Balaban J connectivity index is 4.39. The van der Waals surface area contributed by atoms with Gasteiger partial charge in [-0.1, -0.05) is 131 Å². The molecule has 0 spiro atoms. The topological polar surface area (TPSA) is 448 Å². The molecule has 12 N–H and O–H groups in total. The lowest BCUT2D eigenvalue weighted by Crippen LogP contribution is -2.64. The van der Waals surface area contributed by atoms with Gasteiger partial charge in [-0.15, -0.1) is 0 Å². The maximum absolute atomic E-state index is 15.9. The summed E-state index contributed by atoms with van der Waals surface area (Å²) in [5, 5.41) is 26.2. The minimum atomic E-state index is -1.75. The zero-order valence-electron chi connectivity index (χ0n) is 71.2. The van der Waals surface area contributed by atoms with Gasteiger partial charge in [0.05, 0.1) is 6.54 Å². The summed E-state index contributed by atoms with van der Waals surface area (Å²) in [6.45, 7) is 30.3. The van der Waals surface area contributed by atoms with Crippen LogP contribution in [0.3, 0.4) is 0 Å². The van der Waals surface area contributed by atoms with E-state index in [0.29, 0.717) is 12.2 Å². The molecule has 0 aromatic heterocycles. The van der Waals surface area contributed by atoms with Crippen LogP contribution in [-0.2, 0) is 76.7 Å². The Labute approximate surface area is 672 Å². The zero-order chi connectivity index (χ0) is 86.2. The Kier molecular flexibility index (Phi) is 44.9. The molecule has 14 atom stereocenters. The fraction of sp³-hybridized carbons (Fsp3) is 0.766. The number of hydrogen-bond acceptors (Lipinski definition) is 19. The van der Waals surface area contributed by atoms with E-state index in [0.717, 1.165) is 9.80 Å². The maximum atomic E-state index is 15.9. The van der Waals surface area contributed by atoms with Crippen LogP contribution in [0.5, 0.6) is 0 Å². The Bertz CT molecular complexity index is 3230. The second-order valence-corrected chi connectivity index (χ2v) is 34.6. The fourth-order valence-electron chi connectivity index (χ4n) is 13.0. The minimum Gasteiger partial charge on any atom is -0.459 e. The van der Waals surface area contributed by atoms with Crippen molar-refractivity contribution in [1.29, 1.82) is 5.41 Å². The number of allylic oxidation sites excluding steroid dienone is 2. The monoisotopic (exact) mass is 1620 g/mol. The van der Waals surface area contributed by atoms with Crippen LogP contribution in [-0.4, -0.2) is 281 Å². The van der Waals surface area contributed by atoms with E-state index in [4.69, 9.17) is 21.6 Å². The predicted octanol–water partition coefficient (Wildman–Crippen LogP) is 2.72. The summed E-state index contributed by atoms with van der Waals surface area (Å²) >= 11 is 0. The van der Waals surface area contributed by atoms with Gasteiger partial charge in [0.1, 0.15) is 78.6 Å². The van der Waals surface area contributed by atoms with Crippen LogP contribution in [0.1, 0.15) is 189 Å². The number of nitrogens with zero attached hydrogens (tertiary/aromatic N) is 7. The number of amides is 14. The molecule has 1 aliphatic rings. The highest BCUT2D eigenvalue weighted by molar-refractivity contribution is 8.76. The fourth-order valence-corrected chi connectivity index (χ4v) is 15.3. The quantitative estimate of drug-likeness (QED) is 0.0119. The van der Waals surface area contributed by atoms with Gasteiger partial charge in [-0.25, -0.2) is 0 Å². The third kappa shape index (κ3) is 32.7. The number of rotatable bonds is 31. The van der Waals surface area contributed by atoms with E-state index < -0.39 is 192 Å². The molecule has 1 saturated heterocycles. The van der Waals surface area contributed by atoms with E-state index >= 15 is 19.2 Å². The number of carbonyl (C=O) groups is 15. The van der Waals surface area contributed by atoms with Gasteiger partial charge in [0.2, 0.25) is 82.7 Å². The molecule has 0 bridgehead atoms. The molecule has 0 aromatic rings. The van der Waals surface area contributed by atoms with Crippen molar-refractivity contribution in [3.8, 4) is 0 Å². The molecule has 14 amide bonds. The number of esters is 1. The Morgan fingerprint density at radius 1 is 0.562 bits per heavy atom. The first kappa shape index (κ1) is 102. The van der Waals surface area contributed by atoms with Crippen molar-refractivity contribution in [2.24, 2.45) is 52.9 Å². The standard InChI is InChI=1S/C77H137N17O16S2/c1-26-28-31-48(15)64(110-60(97)33-30-35-111-112-41-54(84-51(18)95)67(100)86-53(65(78)98)32-29-34-81-77(79)80)63-70(103)85-52(27-2)72(105)88(19)40-59(96)89(20)55(36-42(3)4)69(102)87-61(46(11)12)75(108)90(21)56(37-43(5)6)68(101)82-49(16)66(99)83-50(17)71(104)91(22)57(38-44(7)8)73(106)92(23)58(39-45(9)10)74(107)93(24)62(47(13)14)76(109)94(63)25/h26,28,42-50,52-58,61-64H,27,29-41H2,1-25H3,(H2,78,98)(H,82,101)(H,83,99)(H,84,95)(H,85,103)(H,86,100)(H,87,102)(H4,79,80,81)/b28-26+/t48-,49+,50+,52+,53-,54-,55+,56+,57+,58+,61+,62+,63+,64-/m1/s1. The highest BCUT2D eigenvalue weighted by Gasteiger charge is 2.47. The number of guanidine groups is 1. The normalized spacial score (nSPS) is 23.6. The van der Waals surface area contributed by atoms with Crippen molar-refractivity contribution < 1.29 is 76.7 Å². The maximum Gasteiger partial charge on any atom is 0.306 e. The van der Waals surface area contributed by atoms with Crippen LogP contribution in [0.25, 0.3) is 0 Å². The molecule has 0 saturated carbocycles. The molecule has 1 heterocycles. The highest BCUT2D eigenvalue weighted by atomic mass is 33.1. The number of ether oxygens (including phenoxy) is 1. The molecule has 0 unspecified atom stereocenters. The summed E-state index contributed by atoms with van der Waals surface area (Å²) in [4.78, 5) is 225. The minimum absolute atomic E-state index is 0.0262. The summed E-state index contributed by atoms with van der Waals surface area (Å²) < 4.78 is 6.38. The zero-order valence-corrected chi connectivity index (χ0v) is 72.9. The Morgan fingerprint density at radius 3 is 1.54 bits per heavy atom. The number of nitrogens with one attached hydrogen (secondary N) is 8. The molecule has 0 aromatic carbocycles. The third-order valence-corrected chi connectivity index (χ3v) is 22.1. The van der Waals surface area contributed by atoms with Crippen molar-refractivity contribution >= 4 is 116 Å². The van der Waals surface area contributed by atoms with Crippen molar-refractivity contribution in [3.05, 3.63) is 12.2 Å². The van der Waals surface area contributed by atoms with Gasteiger partial charge in [0.25, 0.3) is 0 Å². The van der Waals surface area contributed by atoms with E-state index in [9.17, 15) is 52.7 Å². The van der Waals surface area contributed by atoms with Gasteiger partial charge < -0.3 is 87.7 Å². The third-order valence-electron chi connectivity index (χ3n) is 19.6. The average Bonchev–Trinajstić information content (AvgIpc) is 0.797. The summed E-state index contributed by atoms with van der Waals surface area (Å²) in [7, 11) is 12.2. The molecule has 1 aliphatic heterocycles. The Morgan fingerprint density at radius 2 is 1.05 bits per heavy atom.